The first-order valence-electron chi connectivity index (χ1n) is 4.24. The zero-order valence-corrected chi connectivity index (χ0v) is 7.99. The van der Waals surface area contributed by atoms with Gasteiger partial charge in [0.2, 0.25) is 0 Å². The fourth-order valence-corrected chi connectivity index (χ4v) is 1.10. The van der Waals surface area contributed by atoms with Gasteiger partial charge in [0.1, 0.15) is 0 Å². The maximum atomic E-state index is 11.3. The molecule has 72 valence electrons. The average molecular weight is 189 g/mol. The summed E-state index contributed by atoms with van der Waals surface area (Å²) in [7, 11) is 0. The van der Waals surface area contributed by atoms with Crippen molar-refractivity contribution in [3.8, 4) is 0 Å². The molecule has 14 heavy (non-hydrogen) atoms. The summed E-state index contributed by atoms with van der Waals surface area (Å²) in [6.07, 6.45) is 6.17. The third-order valence-electron chi connectivity index (χ3n) is 1.93. The molecule has 1 rings (SSSR count). The molecule has 0 fully saturated rings. The Morgan fingerprint density at radius 3 is 2.79 bits per heavy atom. The fraction of sp³-hybridized carbons (Fsp3) is 0.182. The molecule has 1 aliphatic heterocycles. The Kier molecular flexibility index (Phi) is 3.29. The lowest BCUT2D eigenvalue weighted by Crippen LogP contribution is -2.03. The molecular formula is C11H11NO2. The van der Waals surface area contributed by atoms with Crippen molar-refractivity contribution in [1.82, 2.24) is 0 Å². The summed E-state index contributed by atoms with van der Waals surface area (Å²) < 4.78 is 0. The van der Waals surface area contributed by atoms with Crippen LogP contribution < -0.4 is 0 Å². The van der Waals surface area contributed by atoms with Gasteiger partial charge in [-0.05, 0) is 19.1 Å². The van der Waals surface area contributed by atoms with E-state index in [0.29, 0.717) is 17.6 Å². The molecule has 0 aromatic heterocycles. The minimum atomic E-state index is -0.184. The molecular weight excluding hydrogens is 178 g/mol. The topological polar surface area (TPSA) is 46.5 Å². The van der Waals surface area contributed by atoms with Crippen molar-refractivity contribution in [2.45, 2.75) is 13.3 Å². The van der Waals surface area contributed by atoms with Gasteiger partial charge in [0.05, 0.1) is 0 Å². The lowest BCUT2D eigenvalue weighted by atomic mass is 10.0. The quantitative estimate of drug-likeness (QED) is 0.633. The molecule has 0 saturated heterocycles. The van der Waals surface area contributed by atoms with Gasteiger partial charge < -0.3 is 0 Å². The van der Waals surface area contributed by atoms with Gasteiger partial charge in [-0.1, -0.05) is 6.58 Å². The first kappa shape index (κ1) is 10.3. The molecule has 0 amide bonds. The number of carbonyl (C=O) groups excluding carboxylic acids is 2. The van der Waals surface area contributed by atoms with Gasteiger partial charge in [0.15, 0.2) is 11.6 Å². The molecule has 0 bridgehead atoms. The van der Waals surface area contributed by atoms with E-state index >= 15 is 0 Å². The molecule has 0 aromatic carbocycles. The van der Waals surface area contributed by atoms with Crippen LogP contribution in [0.1, 0.15) is 13.3 Å². The van der Waals surface area contributed by atoms with Gasteiger partial charge in [0.25, 0.3) is 0 Å². The molecule has 3 heteroatoms. The second-order valence-electron chi connectivity index (χ2n) is 2.95. The Balaban J connectivity index is 2.94. The predicted molar refractivity (Wildman–Crippen MR) is 55.2 cm³/mol. The van der Waals surface area contributed by atoms with Crippen molar-refractivity contribution < 1.29 is 9.59 Å². The second-order valence-corrected chi connectivity index (χ2v) is 2.95. The third-order valence-corrected chi connectivity index (χ3v) is 1.93. The van der Waals surface area contributed by atoms with Crippen LogP contribution in [0, 0.1) is 0 Å². The van der Waals surface area contributed by atoms with Gasteiger partial charge >= 0.3 is 0 Å². The van der Waals surface area contributed by atoms with E-state index in [-0.39, 0.29) is 11.6 Å². The van der Waals surface area contributed by atoms with Crippen LogP contribution in [0.4, 0.5) is 0 Å². The number of nitrogens with zero attached hydrogens (tertiary/aromatic N) is 1. The smallest absolute Gasteiger partial charge is 0.183 e. The van der Waals surface area contributed by atoms with E-state index in [9.17, 15) is 9.59 Å². The molecule has 0 aromatic rings. The Morgan fingerprint density at radius 1 is 1.50 bits per heavy atom. The average Bonchev–Trinajstić information content (AvgIpc) is 2.41. The second kappa shape index (κ2) is 4.46. The Bertz CT molecular complexity index is 373. The van der Waals surface area contributed by atoms with Crippen molar-refractivity contribution in [2.75, 3.05) is 0 Å². The molecule has 0 radical (unpaired) electrons. The van der Waals surface area contributed by atoms with Crippen LogP contribution in [-0.2, 0) is 9.59 Å². The van der Waals surface area contributed by atoms with Crippen LogP contribution in [0.3, 0.4) is 0 Å². The normalized spacial score (nSPS) is 15.2. The number of ketones is 2. The number of carbonyl (C=O) groups is 2. The molecule has 1 heterocycles. The van der Waals surface area contributed by atoms with E-state index in [1.807, 2.05) is 0 Å². The molecule has 1 aliphatic rings. The minimum absolute atomic E-state index is 0.0406. The first-order valence-corrected chi connectivity index (χ1v) is 4.24. The van der Waals surface area contributed by atoms with Crippen LogP contribution in [0.2, 0.25) is 0 Å². The summed E-state index contributed by atoms with van der Waals surface area (Å²) in [4.78, 5) is 26.3. The fourth-order valence-electron chi connectivity index (χ4n) is 1.10. The Labute approximate surface area is 82.5 Å². The summed E-state index contributed by atoms with van der Waals surface area (Å²) in [5, 5.41) is 0. The number of aliphatic imine (C=N–C) groups is 1. The van der Waals surface area contributed by atoms with E-state index in [4.69, 9.17) is 0 Å². The van der Waals surface area contributed by atoms with Gasteiger partial charge in [-0.2, -0.15) is 0 Å². The zero-order valence-electron chi connectivity index (χ0n) is 7.99. The van der Waals surface area contributed by atoms with Crippen LogP contribution in [0.5, 0.6) is 0 Å². The maximum absolute atomic E-state index is 11.3. The van der Waals surface area contributed by atoms with E-state index in [0.717, 1.165) is 0 Å². The highest BCUT2D eigenvalue weighted by atomic mass is 16.1. The van der Waals surface area contributed by atoms with Crippen LogP contribution in [0.15, 0.2) is 41.1 Å². The van der Waals surface area contributed by atoms with Crippen LogP contribution in [-0.4, -0.2) is 17.8 Å². The lowest BCUT2D eigenvalue weighted by Gasteiger charge is -2.02. The molecule has 0 unspecified atom stereocenters. The summed E-state index contributed by atoms with van der Waals surface area (Å²) in [6.45, 7) is 4.86. The van der Waals surface area contributed by atoms with Crippen molar-refractivity contribution in [3.63, 3.8) is 0 Å². The summed E-state index contributed by atoms with van der Waals surface area (Å²) in [5.74, 6) is -0.225. The Morgan fingerprint density at radius 2 is 2.21 bits per heavy atom. The van der Waals surface area contributed by atoms with Crippen molar-refractivity contribution in [2.24, 2.45) is 4.99 Å². The van der Waals surface area contributed by atoms with E-state index in [1.54, 1.807) is 6.08 Å². The third kappa shape index (κ3) is 2.36. The highest BCUT2D eigenvalue weighted by Gasteiger charge is 2.12. The minimum Gasteiger partial charge on any atom is -0.295 e. The summed E-state index contributed by atoms with van der Waals surface area (Å²) in [6, 6.07) is 0. The van der Waals surface area contributed by atoms with Crippen molar-refractivity contribution in [3.05, 3.63) is 36.1 Å². The first-order chi connectivity index (χ1) is 6.65. The number of hydrogen-bond donors (Lipinski definition) is 0. The zero-order chi connectivity index (χ0) is 10.6. The largest absolute Gasteiger partial charge is 0.295 e. The van der Waals surface area contributed by atoms with Crippen LogP contribution >= 0.6 is 0 Å². The van der Waals surface area contributed by atoms with E-state index in [1.165, 1.54) is 25.4 Å². The number of allylic oxidation sites excluding steroid dienone is 4. The monoisotopic (exact) mass is 189 g/mol. The number of Topliss-reactive ketones (excluding diaryl/α,β-unsaturated/α-hetero) is 1. The van der Waals surface area contributed by atoms with E-state index in [2.05, 4.69) is 11.6 Å². The van der Waals surface area contributed by atoms with Gasteiger partial charge in [-0.15, -0.1) is 0 Å². The SMILES string of the molecule is C=CC(=O)C1=CN=CC=C(C(C)=O)C1. The lowest BCUT2D eigenvalue weighted by molar-refractivity contribution is -0.113. The van der Waals surface area contributed by atoms with E-state index < -0.39 is 0 Å². The highest BCUT2D eigenvalue weighted by molar-refractivity contribution is 6.07. The highest BCUT2D eigenvalue weighted by Crippen LogP contribution is 2.15. The molecule has 0 spiro atoms. The summed E-state index contributed by atoms with van der Waals surface area (Å²) >= 11 is 0. The number of rotatable bonds is 3. The van der Waals surface area contributed by atoms with Crippen LogP contribution in [0.25, 0.3) is 0 Å². The standard InChI is InChI=1S/C11H11NO2/c1-3-11(14)10-6-9(8(2)13)4-5-12-7-10/h3-5,7H,1,6H2,2H3. The van der Waals surface area contributed by atoms with Gasteiger partial charge in [-0.3, -0.25) is 14.6 Å². The molecule has 0 atom stereocenters. The molecule has 3 nitrogen and oxygen atoms in total. The molecule has 0 N–H and O–H groups in total. The van der Waals surface area contributed by atoms with Gasteiger partial charge in [0, 0.05) is 30.0 Å². The Hall–Kier alpha value is -1.77. The summed E-state index contributed by atoms with van der Waals surface area (Å²) in [5.41, 5.74) is 1.09. The number of hydrogen-bond acceptors (Lipinski definition) is 3. The molecule has 0 saturated carbocycles. The van der Waals surface area contributed by atoms with Gasteiger partial charge in [-0.25, -0.2) is 0 Å². The molecule has 0 aliphatic carbocycles. The maximum Gasteiger partial charge on any atom is 0.183 e. The van der Waals surface area contributed by atoms with Crippen molar-refractivity contribution in [1.29, 1.82) is 0 Å². The predicted octanol–water partition coefficient (Wildman–Crippen LogP) is 1.62. The van der Waals surface area contributed by atoms with Crippen molar-refractivity contribution >= 4 is 17.8 Å².